The molecule has 1 saturated carbocycles. The third-order valence-corrected chi connectivity index (χ3v) is 6.03. The molecule has 3 N–H and O–H groups in total. The number of aryl methyl sites for hydroxylation is 1. The molecule has 2 aliphatic rings. The van der Waals surface area contributed by atoms with Crippen molar-refractivity contribution in [3.05, 3.63) is 29.3 Å². The Labute approximate surface area is 186 Å². The number of rotatable bonds is 9. The molecule has 0 spiro atoms. The lowest BCUT2D eigenvalue weighted by molar-refractivity contribution is -0.125. The molecule has 2 fully saturated rings. The number of amides is 1. The number of nitrogens with one attached hydrogen (secondary N) is 3. The molecule has 31 heavy (non-hydrogen) atoms. The fourth-order valence-electron chi connectivity index (χ4n) is 4.18. The van der Waals surface area contributed by atoms with Gasteiger partial charge in [-0.25, -0.2) is 0 Å². The number of hydrogen-bond acceptors (Lipinski definition) is 4. The van der Waals surface area contributed by atoms with Crippen molar-refractivity contribution in [2.24, 2.45) is 10.9 Å². The topological polar surface area (TPSA) is 84.0 Å². The quantitative estimate of drug-likeness (QED) is 0.319. The summed E-state index contributed by atoms with van der Waals surface area (Å²) in [6.45, 7) is 5.32. The molecule has 1 amide bonds. The molecule has 0 radical (unpaired) electrons. The van der Waals surface area contributed by atoms with Gasteiger partial charge in [0.15, 0.2) is 5.96 Å². The molecule has 1 unspecified atom stereocenters. The maximum absolute atomic E-state index is 12.2. The maximum Gasteiger partial charge on any atom is 0.223 e. The standard InChI is InChI=1S/C24H38N4O3/c1-18-10-11-20(22(15-18)31-17-21-9-6-14-30-21)16-28-24(25-2)27-13-12-26-23(29)19-7-4-3-5-8-19/h10-11,15,19,21H,3-9,12-14,16-17H2,1-2H3,(H,26,29)(H2,25,27,28). The lowest BCUT2D eigenvalue weighted by Gasteiger charge is -2.21. The van der Waals surface area contributed by atoms with E-state index in [2.05, 4.69) is 46.1 Å². The van der Waals surface area contributed by atoms with Gasteiger partial charge in [-0.2, -0.15) is 0 Å². The molecule has 1 heterocycles. The van der Waals surface area contributed by atoms with E-state index in [0.29, 0.717) is 32.2 Å². The molecule has 1 saturated heterocycles. The Morgan fingerprint density at radius 3 is 2.65 bits per heavy atom. The van der Waals surface area contributed by atoms with Crippen molar-refractivity contribution in [1.29, 1.82) is 0 Å². The number of carbonyl (C=O) groups excluding carboxylic acids is 1. The van der Waals surface area contributed by atoms with E-state index in [0.717, 1.165) is 43.6 Å². The van der Waals surface area contributed by atoms with Crippen LogP contribution in [0.2, 0.25) is 0 Å². The van der Waals surface area contributed by atoms with E-state index in [1.54, 1.807) is 7.05 Å². The molecule has 1 aromatic rings. The van der Waals surface area contributed by atoms with E-state index >= 15 is 0 Å². The van der Waals surface area contributed by atoms with Crippen molar-refractivity contribution < 1.29 is 14.3 Å². The Balaban J connectivity index is 1.40. The van der Waals surface area contributed by atoms with Gasteiger partial charge in [0, 0.05) is 44.8 Å². The van der Waals surface area contributed by atoms with E-state index in [4.69, 9.17) is 9.47 Å². The average molecular weight is 431 g/mol. The number of aliphatic imine (C=N–C) groups is 1. The van der Waals surface area contributed by atoms with E-state index in [9.17, 15) is 4.79 Å². The summed E-state index contributed by atoms with van der Waals surface area (Å²) in [5.41, 5.74) is 2.25. The maximum atomic E-state index is 12.2. The van der Waals surface area contributed by atoms with Gasteiger partial charge in [0.2, 0.25) is 5.91 Å². The summed E-state index contributed by atoms with van der Waals surface area (Å²) >= 11 is 0. The predicted molar refractivity (Wildman–Crippen MR) is 123 cm³/mol. The van der Waals surface area contributed by atoms with Crippen molar-refractivity contribution in [2.75, 3.05) is 33.4 Å². The summed E-state index contributed by atoms with van der Waals surface area (Å²) in [5, 5.41) is 9.66. The van der Waals surface area contributed by atoms with Gasteiger partial charge in [0.1, 0.15) is 12.4 Å². The number of ether oxygens (including phenoxy) is 2. The van der Waals surface area contributed by atoms with Crippen LogP contribution in [0.3, 0.4) is 0 Å². The number of hydrogen-bond donors (Lipinski definition) is 3. The van der Waals surface area contributed by atoms with Crippen molar-refractivity contribution in [3.63, 3.8) is 0 Å². The first kappa shape index (κ1) is 23.4. The van der Waals surface area contributed by atoms with Crippen molar-refractivity contribution in [2.45, 2.75) is 64.5 Å². The zero-order valence-corrected chi connectivity index (χ0v) is 19.0. The molecule has 172 valence electrons. The second-order valence-electron chi connectivity index (χ2n) is 8.54. The van der Waals surface area contributed by atoms with Crippen molar-refractivity contribution in [3.8, 4) is 5.75 Å². The third kappa shape index (κ3) is 7.73. The highest BCUT2D eigenvalue weighted by molar-refractivity contribution is 5.80. The predicted octanol–water partition coefficient (Wildman–Crippen LogP) is 2.91. The van der Waals surface area contributed by atoms with Crippen LogP contribution < -0.4 is 20.7 Å². The summed E-state index contributed by atoms with van der Waals surface area (Å²) in [7, 11) is 1.75. The smallest absolute Gasteiger partial charge is 0.223 e. The van der Waals surface area contributed by atoms with Crippen LogP contribution in [0.15, 0.2) is 23.2 Å². The highest BCUT2D eigenvalue weighted by Gasteiger charge is 2.20. The highest BCUT2D eigenvalue weighted by atomic mass is 16.5. The molecule has 7 heteroatoms. The molecule has 0 aromatic heterocycles. The zero-order chi connectivity index (χ0) is 21.9. The van der Waals surface area contributed by atoms with Gasteiger partial charge in [-0.15, -0.1) is 0 Å². The number of benzene rings is 1. The molecule has 1 aliphatic heterocycles. The number of guanidine groups is 1. The first-order chi connectivity index (χ1) is 15.2. The number of carbonyl (C=O) groups is 1. The fraction of sp³-hybridized carbons (Fsp3) is 0.667. The normalized spacial score (nSPS) is 19.8. The Bertz CT molecular complexity index is 726. The van der Waals surface area contributed by atoms with Gasteiger partial charge in [-0.3, -0.25) is 9.79 Å². The van der Waals surface area contributed by atoms with E-state index in [-0.39, 0.29) is 17.9 Å². The van der Waals surface area contributed by atoms with E-state index in [1.165, 1.54) is 24.8 Å². The van der Waals surface area contributed by atoms with E-state index < -0.39 is 0 Å². The van der Waals surface area contributed by atoms with Crippen LogP contribution in [0, 0.1) is 12.8 Å². The third-order valence-electron chi connectivity index (χ3n) is 6.03. The summed E-state index contributed by atoms with van der Waals surface area (Å²) in [4.78, 5) is 16.5. The Morgan fingerprint density at radius 2 is 1.90 bits per heavy atom. The first-order valence-electron chi connectivity index (χ1n) is 11.7. The van der Waals surface area contributed by atoms with Crippen LogP contribution in [0.25, 0.3) is 0 Å². The van der Waals surface area contributed by atoms with Crippen LogP contribution in [-0.4, -0.2) is 51.3 Å². The molecule has 1 atom stereocenters. The summed E-state index contributed by atoms with van der Waals surface area (Å²) in [5.74, 6) is 1.98. The fourth-order valence-corrected chi connectivity index (χ4v) is 4.18. The van der Waals surface area contributed by atoms with Crippen molar-refractivity contribution >= 4 is 11.9 Å². The summed E-state index contributed by atoms with van der Waals surface area (Å²) < 4.78 is 11.7. The number of nitrogens with zero attached hydrogens (tertiary/aromatic N) is 1. The molecule has 1 aliphatic carbocycles. The summed E-state index contributed by atoms with van der Waals surface area (Å²) in [6.07, 6.45) is 8.02. The minimum Gasteiger partial charge on any atom is -0.491 e. The molecule has 7 nitrogen and oxygen atoms in total. The molecular formula is C24H38N4O3. The zero-order valence-electron chi connectivity index (χ0n) is 19.0. The van der Waals surface area contributed by atoms with Crippen LogP contribution in [0.1, 0.15) is 56.1 Å². The van der Waals surface area contributed by atoms with Crippen molar-refractivity contribution in [1.82, 2.24) is 16.0 Å². The molecule has 0 bridgehead atoms. The minimum absolute atomic E-state index is 0.192. The van der Waals surface area contributed by atoms with Gasteiger partial charge in [-0.1, -0.05) is 31.4 Å². The minimum atomic E-state index is 0.192. The van der Waals surface area contributed by atoms with Gasteiger partial charge in [-0.05, 0) is 44.2 Å². The second-order valence-corrected chi connectivity index (χ2v) is 8.54. The van der Waals surface area contributed by atoms with Gasteiger partial charge in [0.05, 0.1) is 6.10 Å². The molecule has 3 rings (SSSR count). The average Bonchev–Trinajstić information content (AvgIpc) is 3.32. The largest absolute Gasteiger partial charge is 0.491 e. The monoisotopic (exact) mass is 430 g/mol. The molecular weight excluding hydrogens is 392 g/mol. The first-order valence-corrected chi connectivity index (χ1v) is 11.7. The van der Waals surface area contributed by atoms with Gasteiger partial charge < -0.3 is 25.4 Å². The van der Waals surface area contributed by atoms with Crippen LogP contribution in [-0.2, 0) is 16.1 Å². The van der Waals surface area contributed by atoms with E-state index in [1.807, 2.05) is 0 Å². The van der Waals surface area contributed by atoms with Crippen LogP contribution in [0.5, 0.6) is 5.75 Å². The molecule has 1 aromatic carbocycles. The Kier molecular flexibility index (Phi) is 9.46. The summed E-state index contributed by atoms with van der Waals surface area (Å²) in [6, 6.07) is 6.25. The lowest BCUT2D eigenvalue weighted by atomic mass is 9.89. The van der Waals surface area contributed by atoms with Gasteiger partial charge >= 0.3 is 0 Å². The van der Waals surface area contributed by atoms with Crippen LogP contribution >= 0.6 is 0 Å². The lowest BCUT2D eigenvalue weighted by Crippen LogP contribution is -2.42. The Morgan fingerprint density at radius 1 is 1.10 bits per heavy atom. The highest BCUT2D eigenvalue weighted by Crippen LogP contribution is 2.24. The van der Waals surface area contributed by atoms with Crippen LogP contribution in [0.4, 0.5) is 0 Å². The van der Waals surface area contributed by atoms with Gasteiger partial charge in [0.25, 0.3) is 0 Å². The second kappa shape index (κ2) is 12.5. The Hall–Kier alpha value is -2.28. The SMILES string of the molecule is CN=C(NCCNC(=O)C1CCCCC1)NCc1ccc(C)cc1OCC1CCCO1.